The van der Waals surface area contributed by atoms with Gasteiger partial charge < -0.3 is 15.4 Å². The fourth-order valence-electron chi connectivity index (χ4n) is 3.71. The van der Waals surface area contributed by atoms with E-state index in [0.29, 0.717) is 42.9 Å². The third-order valence-corrected chi connectivity index (χ3v) is 5.71. The molecule has 0 radical (unpaired) electrons. The first-order valence-corrected chi connectivity index (χ1v) is 10.5. The molecule has 1 aromatic heterocycles. The molecule has 2 atom stereocenters. The summed E-state index contributed by atoms with van der Waals surface area (Å²) in [7, 11) is 0. The molecule has 0 unspecified atom stereocenters. The Hall–Kier alpha value is -2.72. The predicted molar refractivity (Wildman–Crippen MR) is 123 cm³/mol. The van der Waals surface area contributed by atoms with Gasteiger partial charge in [0.25, 0.3) is 5.91 Å². The minimum atomic E-state index is -0.669. The first-order chi connectivity index (χ1) is 15.4. The molecule has 8 nitrogen and oxygen atoms in total. The average molecular weight is 497 g/mol. The van der Waals surface area contributed by atoms with Crippen LogP contribution in [0.5, 0.6) is 0 Å². The Labute approximate surface area is 200 Å². The largest absolute Gasteiger partial charge is 0.439 e. The van der Waals surface area contributed by atoms with Crippen LogP contribution in [0.25, 0.3) is 11.4 Å². The van der Waals surface area contributed by atoms with Crippen LogP contribution in [-0.2, 0) is 4.74 Å². The van der Waals surface area contributed by atoms with Gasteiger partial charge in [-0.15, -0.1) is 12.4 Å². The molecule has 176 valence electrons. The molecule has 1 amide bonds. The van der Waals surface area contributed by atoms with Crippen LogP contribution in [0.1, 0.15) is 27.6 Å². The van der Waals surface area contributed by atoms with Gasteiger partial charge in [-0.05, 0) is 36.2 Å². The van der Waals surface area contributed by atoms with E-state index in [0.717, 1.165) is 5.56 Å². The van der Waals surface area contributed by atoms with Gasteiger partial charge in [-0.3, -0.25) is 14.3 Å². The number of halogens is 3. The lowest BCUT2D eigenvalue weighted by molar-refractivity contribution is 0.0304. The molecule has 1 fully saturated rings. The lowest BCUT2D eigenvalue weighted by Gasteiger charge is -2.25. The van der Waals surface area contributed by atoms with Crippen LogP contribution >= 0.6 is 24.0 Å². The first kappa shape index (κ1) is 24.9. The number of amides is 1. The van der Waals surface area contributed by atoms with Crippen molar-refractivity contribution in [1.82, 2.24) is 20.8 Å². The first-order valence-electron chi connectivity index (χ1n) is 10.1. The van der Waals surface area contributed by atoms with Crippen molar-refractivity contribution in [2.75, 3.05) is 26.2 Å². The lowest BCUT2D eigenvalue weighted by atomic mass is 9.95. The highest BCUT2D eigenvalue weighted by molar-refractivity contribution is 6.30. The SMILES string of the molecule is Cc1ccc(-c2noc(=O)[nH]2)cc1C(=O)NC[C@@H]1CNCCO[C@H]1c1ccc(Cl)c(F)c1.Cl. The molecule has 1 saturated heterocycles. The maximum atomic E-state index is 14.0. The van der Waals surface area contributed by atoms with Gasteiger partial charge >= 0.3 is 5.76 Å². The summed E-state index contributed by atoms with van der Waals surface area (Å²) in [6, 6.07) is 9.78. The molecule has 0 saturated carbocycles. The fourth-order valence-corrected chi connectivity index (χ4v) is 3.83. The molecule has 0 aliphatic carbocycles. The highest BCUT2D eigenvalue weighted by Crippen LogP contribution is 2.29. The van der Waals surface area contributed by atoms with Gasteiger partial charge in [0.2, 0.25) is 0 Å². The topological polar surface area (TPSA) is 109 Å². The Bertz CT molecular complexity index is 1180. The lowest BCUT2D eigenvalue weighted by Crippen LogP contribution is -2.36. The zero-order chi connectivity index (χ0) is 22.7. The number of nitrogens with zero attached hydrogens (tertiary/aromatic N) is 1. The fraction of sp³-hybridized carbons (Fsp3) is 0.318. The standard InChI is InChI=1S/C22H22ClFN4O4.ClH/c1-12-2-3-14(20-27-22(30)32-28-20)8-16(12)21(29)26-11-15-10-25-6-7-31-19(15)13-4-5-17(23)18(24)9-13;/h2-5,8-9,15,19,25H,6-7,10-11H2,1H3,(H,26,29)(H,27,28,30);1H/t15-,19-;/m0./s1. The van der Waals surface area contributed by atoms with Gasteiger partial charge in [-0.2, -0.15) is 0 Å². The van der Waals surface area contributed by atoms with Crippen molar-refractivity contribution in [2.45, 2.75) is 13.0 Å². The molecule has 1 aliphatic rings. The summed E-state index contributed by atoms with van der Waals surface area (Å²) < 4.78 is 24.5. The van der Waals surface area contributed by atoms with E-state index in [1.54, 1.807) is 24.3 Å². The number of carbonyl (C=O) groups excluding carboxylic acids is 1. The average Bonchev–Trinajstić information content (AvgIpc) is 3.08. The highest BCUT2D eigenvalue weighted by atomic mass is 35.5. The summed E-state index contributed by atoms with van der Waals surface area (Å²) in [5.74, 6) is -1.34. The maximum absolute atomic E-state index is 14.0. The minimum absolute atomic E-state index is 0. The zero-order valence-corrected chi connectivity index (χ0v) is 19.3. The van der Waals surface area contributed by atoms with Gasteiger partial charge in [0, 0.05) is 36.7 Å². The predicted octanol–water partition coefficient (Wildman–Crippen LogP) is 3.26. The Balaban J connectivity index is 0.00000306. The molecule has 2 heterocycles. The Morgan fingerprint density at radius 3 is 2.85 bits per heavy atom. The number of nitrogens with one attached hydrogen (secondary N) is 3. The molecular formula is C22H23Cl2FN4O4. The highest BCUT2D eigenvalue weighted by Gasteiger charge is 2.27. The van der Waals surface area contributed by atoms with Crippen molar-refractivity contribution >= 4 is 29.9 Å². The second-order valence-corrected chi connectivity index (χ2v) is 8.02. The number of carbonyl (C=O) groups is 1. The number of H-pyrrole nitrogens is 1. The van der Waals surface area contributed by atoms with Crippen LogP contribution in [0.2, 0.25) is 5.02 Å². The van der Waals surface area contributed by atoms with E-state index in [4.69, 9.17) is 16.3 Å². The van der Waals surface area contributed by atoms with E-state index in [2.05, 4.69) is 25.3 Å². The molecule has 3 N–H and O–H groups in total. The smallest absolute Gasteiger partial charge is 0.372 e. The van der Waals surface area contributed by atoms with Crippen molar-refractivity contribution in [1.29, 1.82) is 0 Å². The normalized spacial score (nSPS) is 18.3. The number of aromatic amines is 1. The quantitative estimate of drug-likeness (QED) is 0.500. The Morgan fingerprint density at radius 1 is 1.30 bits per heavy atom. The Kier molecular flexibility index (Phi) is 8.25. The molecule has 0 spiro atoms. The third kappa shape index (κ3) is 5.80. The van der Waals surface area contributed by atoms with Gasteiger partial charge in [-0.1, -0.05) is 35.0 Å². The second-order valence-electron chi connectivity index (χ2n) is 7.61. The van der Waals surface area contributed by atoms with Crippen molar-refractivity contribution in [3.63, 3.8) is 0 Å². The van der Waals surface area contributed by atoms with E-state index in [1.807, 2.05) is 6.92 Å². The van der Waals surface area contributed by atoms with Gasteiger partial charge in [0.15, 0.2) is 5.82 Å². The maximum Gasteiger partial charge on any atom is 0.439 e. The van der Waals surface area contributed by atoms with Crippen LogP contribution in [0.3, 0.4) is 0 Å². The summed E-state index contributed by atoms with van der Waals surface area (Å²) in [5.41, 5.74) is 2.44. The number of hydrogen-bond acceptors (Lipinski definition) is 6. The number of benzene rings is 2. The van der Waals surface area contributed by atoms with Gasteiger partial charge in [0.1, 0.15) is 5.82 Å². The van der Waals surface area contributed by atoms with Gasteiger partial charge in [-0.25, -0.2) is 9.18 Å². The molecule has 3 aromatic rings. The zero-order valence-electron chi connectivity index (χ0n) is 17.7. The van der Waals surface area contributed by atoms with Crippen LogP contribution in [0, 0.1) is 18.7 Å². The molecule has 11 heteroatoms. The Morgan fingerprint density at radius 2 is 2.12 bits per heavy atom. The summed E-state index contributed by atoms with van der Waals surface area (Å²) in [4.78, 5) is 26.7. The van der Waals surface area contributed by atoms with E-state index in [1.165, 1.54) is 12.1 Å². The summed E-state index contributed by atoms with van der Waals surface area (Å²) in [6.45, 7) is 3.85. The van der Waals surface area contributed by atoms with E-state index < -0.39 is 17.7 Å². The number of aromatic nitrogens is 2. The van der Waals surface area contributed by atoms with E-state index in [9.17, 15) is 14.0 Å². The van der Waals surface area contributed by atoms with Crippen molar-refractivity contribution in [2.24, 2.45) is 5.92 Å². The number of rotatable bonds is 5. The summed E-state index contributed by atoms with van der Waals surface area (Å²) in [6.07, 6.45) is -0.398. The van der Waals surface area contributed by atoms with E-state index in [-0.39, 0.29) is 35.1 Å². The number of aryl methyl sites for hydroxylation is 1. The summed E-state index contributed by atoms with van der Waals surface area (Å²) >= 11 is 5.82. The minimum Gasteiger partial charge on any atom is -0.372 e. The molecule has 2 aromatic carbocycles. The molecule has 0 bridgehead atoms. The van der Waals surface area contributed by atoms with E-state index >= 15 is 0 Å². The molecule has 33 heavy (non-hydrogen) atoms. The van der Waals surface area contributed by atoms with Crippen LogP contribution in [0.4, 0.5) is 4.39 Å². The third-order valence-electron chi connectivity index (χ3n) is 5.40. The summed E-state index contributed by atoms with van der Waals surface area (Å²) in [5, 5.41) is 9.95. The van der Waals surface area contributed by atoms with Gasteiger partial charge in [0.05, 0.1) is 17.7 Å². The van der Waals surface area contributed by atoms with Crippen molar-refractivity contribution in [3.8, 4) is 11.4 Å². The van der Waals surface area contributed by atoms with Crippen molar-refractivity contribution < 1.29 is 18.4 Å². The molecule has 4 rings (SSSR count). The number of hydrogen-bond donors (Lipinski definition) is 3. The second kappa shape index (κ2) is 10.9. The van der Waals surface area contributed by atoms with Crippen LogP contribution in [-0.4, -0.2) is 42.3 Å². The van der Waals surface area contributed by atoms with Crippen LogP contribution in [0.15, 0.2) is 45.7 Å². The van der Waals surface area contributed by atoms with Crippen molar-refractivity contribution in [3.05, 3.63) is 74.5 Å². The monoisotopic (exact) mass is 496 g/mol. The molecular weight excluding hydrogens is 474 g/mol. The molecule has 1 aliphatic heterocycles. The number of ether oxygens (including phenoxy) is 1. The van der Waals surface area contributed by atoms with Crippen LogP contribution < -0.4 is 16.4 Å².